The van der Waals surface area contributed by atoms with Gasteiger partial charge in [-0.1, -0.05) is 28.9 Å². The molecule has 0 fully saturated rings. The van der Waals surface area contributed by atoms with Crippen molar-refractivity contribution in [2.75, 3.05) is 13.6 Å². The van der Waals surface area contributed by atoms with Crippen LogP contribution in [-0.2, 0) is 11.3 Å². The molecule has 0 aliphatic heterocycles. The van der Waals surface area contributed by atoms with Gasteiger partial charge in [-0.3, -0.25) is 4.79 Å². The average Bonchev–Trinajstić information content (AvgIpc) is 2.94. The summed E-state index contributed by atoms with van der Waals surface area (Å²) >= 11 is 5.92. The van der Waals surface area contributed by atoms with E-state index < -0.39 is 0 Å². The van der Waals surface area contributed by atoms with E-state index in [9.17, 15) is 4.79 Å². The lowest BCUT2D eigenvalue weighted by molar-refractivity contribution is -0.121. The second-order valence-corrected chi connectivity index (χ2v) is 4.94. The normalized spacial score (nSPS) is 10.6. The third-order valence-electron chi connectivity index (χ3n) is 2.82. The first kappa shape index (κ1) is 15.5. The smallest absolute Gasteiger partial charge is 0.246 e. The molecule has 0 radical (unpaired) electrons. The summed E-state index contributed by atoms with van der Waals surface area (Å²) in [6.45, 7) is 1.04. The molecule has 0 bridgehead atoms. The molecule has 0 spiro atoms. The molecule has 2 aromatic rings. The number of hydrogen-bond acceptors (Lipinski definition) is 5. The lowest BCUT2D eigenvalue weighted by atomic mass is 10.2. The molecule has 0 saturated carbocycles. The summed E-state index contributed by atoms with van der Waals surface area (Å²) in [6.07, 6.45) is 1.26. The molecule has 0 atom stereocenters. The number of carbonyl (C=O) groups excluding carboxylic acids is 1. The van der Waals surface area contributed by atoms with Crippen LogP contribution in [0.25, 0.3) is 11.4 Å². The third kappa shape index (κ3) is 4.84. The molecule has 0 unspecified atom stereocenters. The van der Waals surface area contributed by atoms with Crippen LogP contribution in [0.4, 0.5) is 0 Å². The van der Waals surface area contributed by atoms with Crippen LogP contribution >= 0.6 is 11.6 Å². The molecule has 2 rings (SSSR count). The topological polar surface area (TPSA) is 80.0 Å². The predicted molar refractivity (Wildman–Crippen MR) is 79.8 cm³/mol. The SMILES string of the molecule is CNCCCC(=O)NCc1nc(-c2cccc(Cl)c2)no1. The Morgan fingerprint density at radius 1 is 1.43 bits per heavy atom. The average molecular weight is 309 g/mol. The number of rotatable bonds is 7. The molecule has 1 amide bonds. The van der Waals surface area contributed by atoms with Gasteiger partial charge in [0.05, 0.1) is 6.54 Å². The van der Waals surface area contributed by atoms with Gasteiger partial charge in [-0.15, -0.1) is 0 Å². The molecule has 0 saturated heterocycles. The first-order valence-corrected chi connectivity index (χ1v) is 7.06. The Morgan fingerprint density at radius 2 is 2.29 bits per heavy atom. The van der Waals surface area contributed by atoms with E-state index in [-0.39, 0.29) is 12.5 Å². The van der Waals surface area contributed by atoms with Crippen molar-refractivity contribution in [2.45, 2.75) is 19.4 Å². The van der Waals surface area contributed by atoms with E-state index in [2.05, 4.69) is 20.8 Å². The van der Waals surface area contributed by atoms with Crippen molar-refractivity contribution in [3.63, 3.8) is 0 Å². The molecule has 21 heavy (non-hydrogen) atoms. The first-order chi connectivity index (χ1) is 10.2. The fourth-order valence-corrected chi connectivity index (χ4v) is 1.95. The van der Waals surface area contributed by atoms with Gasteiger partial charge >= 0.3 is 0 Å². The number of amides is 1. The molecule has 6 nitrogen and oxygen atoms in total. The monoisotopic (exact) mass is 308 g/mol. The van der Waals surface area contributed by atoms with Crippen LogP contribution in [0.3, 0.4) is 0 Å². The van der Waals surface area contributed by atoms with Crippen LogP contribution in [0.1, 0.15) is 18.7 Å². The summed E-state index contributed by atoms with van der Waals surface area (Å²) in [4.78, 5) is 15.8. The highest BCUT2D eigenvalue weighted by atomic mass is 35.5. The van der Waals surface area contributed by atoms with Crippen LogP contribution in [-0.4, -0.2) is 29.6 Å². The van der Waals surface area contributed by atoms with Gasteiger partial charge in [-0.2, -0.15) is 4.98 Å². The van der Waals surface area contributed by atoms with E-state index in [1.54, 1.807) is 12.1 Å². The summed E-state index contributed by atoms with van der Waals surface area (Å²) in [5.41, 5.74) is 0.776. The Morgan fingerprint density at radius 3 is 3.05 bits per heavy atom. The Balaban J connectivity index is 1.87. The van der Waals surface area contributed by atoms with Gasteiger partial charge in [0.2, 0.25) is 17.6 Å². The lowest BCUT2D eigenvalue weighted by Gasteiger charge is -2.01. The number of aromatic nitrogens is 2. The van der Waals surface area contributed by atoms with Gasteiger partial charge in [-0.05, 0) is 32.1 Å². The third-order valence-corrected chi connectivity index (χ3v) is 3.05. The van der Waals surface area contributed by atoms with Gasteiger partial charge in [0.15, 0.2) is 0 Å². The molecule has 1 aromatic heterocycles. The van der Waals surface area contributed by atoms with Gasteiger partial charge in [0.1, 0.15) is 0 Å². The maximum atomic E-state index is 11.6. The minimum Gasteiger partial charge on any atom is -0.347 e. The largest absolute Gasteiger partial charge is 0.347 e. The van der Waals surface area contributed by atoms with Crippen LogP contribution in [0.2, 0.25) is 5.02 Å². The zero-order valence-corrected chi connectivity index (χ0v) is 12.5. The minimum absolute atomic E-state index is 0.0345. The molecule has 1 heterocycles. The number of nitrogens with one attached hydrogen (secondary N) is 2. The molecule has 7 heteroatoms. The van der Waals surface area contributed by atoms with E-state index in [1.807, 2.05) is 19.2 Å². The molecule has 0 aliphatic carbocycles. The van der Waals surface area contributed by atoms with Crippen molar-refractivity contribution in [3.8, 4) is 11.4 Å². The lowest BCUT2D eigenvalue weighted by Crippen LogP contribution is -2.23. The Hall–Kier alpha value is -1.92. The second-order valence-electron chi connectivity index (χ2n) is 4.51. The highest BCUT2D eigenvalue weighted by Crippen LogP contribution is 2.19. The van der Waals surface area contributed by atoms with Crippen molar-refractivity contribution in [3.05, 3.63) is 35.2 Å². The van der Waals surface area contributed by atoms with Gasteiger partial charge < -0.3 is 15.2 Å². The number of halogens is 1. The van der Waals surface area contributed by atoms with Crippen LogP contribution in [0.5, 0.6) is 0 Å². The molecule has 0 aliphatic rings. The van der Waals surface area contributed by atoms with Crippen molar-refractivity contribution in [1.82, 2.24) is 20.8 Å². The van der Waals surface area contributed by atoms with Crippen molar-refractivity contribution < 1.29 is 9.32 Å². The van der Waals surface area contributed by atoms with Crippen molar-refractivity contribution in [2.24, 2.45) is 0 Å². The number of nitrogens with zero attached hydrogens (tertiary/aromatic N) is 2. The summed E-state index contributed by atoms with van der Waals surface area (Å²) in [6, 6.07) is 7.19. The Bertz CT molecular complexity index is 600. The zero-order valence-electron chi connectivity index (χ0n) is 11.7. The first-order valence-electron chi connectivity index (χ1n) is 6.69. The maximum Gasteiger partial charge on any atom is 0.246 e. The standard InChI is InChI=1S/C14H17ClN4O2/c1-16-7-3-6-12(20)17-9-13-18-14(19-21-13)10-4-2-5-11(15)8-10/h2,4-5,8,16H,3,6-7,9H2,1H3,(H,17,20). The maximum absolute atomic E-state index is 11.6. The van der Waals surface area contributed by atoms with Crippen LogP contribution < -0.4 is 10.6 Å². The van der Waals surface area contributed by atoms with Gasteiger partial charge in [0.25, 0.3) is 0 Å². The predicted octanol–water partition coefficient (Wildman–Crippen LogP) is 2.01. The van der Waals surface area contributed by atoms with Crippen LogP contribution in [0, 0.1) is 0 Å². The fraction of sp³-hybridized carbons (Fsp3) is 0.357. The zero-order chi connectivity index (χ0) is 15.1. The number of benzene rings is 1. The quantitative estimate of drug-likeness (QED) is 0.765. The van der Waals surface area contributed by atoms with Crippen LogP contribution in [0.15, 0.2) is 28.8 Å². The number of hydrogen-bond donors (Lipinski definition) is 2. The van der Waals surface area contributed by atoms with Crippen molar-refractivity contribution >= 4 is 17.5 Å². The fourth-order valence-electron chi connectivity index (χ4n) is 1.76. The van der Waals surface area contributed by atoms with E-state index in [1.165, 1.54) is 0 Å². The van der Waals surface area contributed by atoms with Gasteiger partial charge in [-0.25, -0.2) is 0 Å². The molecule has 112 valence electrons. The molecule has 1 aromatic carbocycles. The van der Waals surface area contributed by atoms with E-state index in [0.29, 0.717) is 23.2 Å². The minimum atomic E-state index is -0.0345. The highest BCUT2D eigenvalue weighted by molar-refractivity contribution is 6.30. The van der Waals surface area contributed by atoms with E-state index in [0.717, 1.165) is 18.5 Å². The van der Waals surface area contributed by atoms with Gasteiger partial charge in [0, 0.05) is 17.0 Å². The summed E-state index contributed by atoms with van der Waals surface area (Å²) in [5.74, 6) is 0.789. The number of carbonyl (C=O) groups is 1. The summed E-state index contributed by atoms with van der Waals surface area (Å²) in [5, 5.41) is 10.2. The van der Waals surface area contributed by atoms with E-state index in [4.69, 9.17) is 16.1 Å². The Kier molecular flexibility index (Phi) is 5.71. The molecular weight excluding hydrogens is 292 g/mol. The van der Waals surface area contributed by atoms with Crippen molar-refractivity contribution in [1.29, 1.82) is 0 Å². The van der Waals surface area contributed by atoms with E-state index >= 15 is 0 Å². The highest BCUT2D eigenvalue weighted by Gasteiger charge is 2.10. The molecular formula is C14H17ClN4O2. The summed E-state index contributed by atoms with van der Waals surface area (Å²) < 4.78 is 5.10. The second kappa shape index (κ2) is 7.75. The molecule has 2 N–H and O–H groups in total. The Labute approximate surface area is 127 Å². The summed E-state index contributed by atoms with van der Waals surface area (Å²) in [7, 11) is 1.85.